The fourth-order valence-corrected chi connectivity index (χ4v) is 3.08. The molecule has 0 aliphatic carbocycles. The Kier molecular flexibility index (Phi) is 3.51. The van der Waals surface area contributed by atoms with Gasteiger partial charge in [-0.1, -0.05) is 0 Å². The number of rotatable bonds is 2. The zero-order valence-electron chi connectivity index (χ0n) is 8.24. The molecule has 0 unspecified atom stereocenters. The largest absolute Gasteiger partial charge is 0.355 e. The number of carbonyl (C=O) groups excluding carboxylic acids is 1. The molecule has 0 aliphatic heterocycles. The average Bonchev–Trinajstić information content (AvgIpc) is 2.14. The predicted molar refractivity (Wildman–Crippen MR) is 60.6 cm³/mol. The molecule has 1 rings (SSSR count). The van der Waals surface area contributed by atoms with E-state index >= 15 is 0 Å². The lowest BCUT2D eigenvalue weighted by molar-refractivity contribution is 0.0963. The zero-order valence-corrected chi connectivity index (χ0v) is 10.6. The minimum atomic E-state index is -3.26. The minimum Gasteiger partial charge on any atom is -0.355 e. The normalized spacial score (nSPS) is 11.1. The van der Waals surface area contributed by atoms with Crippen LogP contribution >= 0.6 is 15.9 Å². The Hall–Kier alpha value is -0.880. The number of hydrogen-bond acceptors (Lipinski definition) is 3. The molecule has 1 aromatic carbocycles. The molecule has 1 aromatic rings. The second-order valence-corrected chi connectivity index (χ2v) is 5.83. The molecular formula is C9H10BrNO3S. The summed E-state index contributed by atoms with van der Waals surface area (Å²) in [5, 5.41) is 2.46. The van der Waals surface area contributed by atoms with Crippen LogP contribution in [-0.4, -0.2) is 27.6 Å². The van der Waals surface area contributed by atoms with E-state index in [4.69, 9.17) is 0 Å². The lowest BCUT2D eigenvalue weighted by Crippen LogP contribution is -2.17. The number of nitrogens with one attached hydrogen (secondary N) is 1. The lowest BCUT2D eigenvalue weighted by atomic mass is 10.2. The summed E-state index contributed by atoms with van der Waals surface area (Å²) >= 11 is 3.12. The molecule has 0 aliphatic rings. The van der Waals surface area contributed by atoms with Crippen LogP contribution in [0.2, 0.25) is 0 Å². The van der Waals surface area contributed by atoms with Crippen molar-refractivity contribution in [1.82, 2.24) is 5.32 Å². The topological polar surface area (TPSA) is 63.2 Å². The highest BCUT2D eigenvalue weighted by molar-refractivity contribution is 9.10. The molecule has 0 bridgehead atoms. The van der Waals surface area contributed by atoms with Crippen LogP contribution in [0.4, 0.5) is 0 Å². The Morgan fingerprint density at radius 1 is 1.40 bits per heavy atom. The van der Waals surface area contributed by atoms with Gasteiger partial charge in [0.25, 0.3) is 5.91 Å². The van der Waals surface area contributed by atoms with Crippen LogP contribution < -0.4 is 5.32 Å². The zero-order chi connectivity index (χ0) is 11.6. The number of halogens is 1. The van der Waals surface area contributed by atoms with Crippen molar-refractivity contribution in [2.75, 3.05) is 13.3 Å². The quantitative estimate of drug-likeness (QED) is 0.891. The summed E-state index contributed by atoms with van der Waals surface area (Å²) in [6, 6.07) is 4.36. The van der Waals surface area contributed by atoms with E-state index in [1.165, 1.54) is 25.2 Å². The third-order valence-corrected chi connectivity index (χ3v) is 3.89. The van der Waals surface area contributed by atoms with Gasteiger partial charge in [0, 0.05) is 23.3 Å². The van der Waals surface area contributed by atoms with Gasteiger partial charge < -0.3 is 5.32 Å². The first kappa shape index (κ1) is 12.2. The van der Waals surface area contributed by atoms with E-state index in [2.05, 4.69) is 21.2 Å². The molecule has 0 heterocycles. The van der Waals surface area contributed by atoms with E-state index in [1.807, 2.05) is 0 Å². The van der Waals surface area contributed by atoms with Crippen LogP contribution in [0, 0.1) is 0 Å². The maximum absolute atomic E-state index is 11.3. The van der Waals surface area contributed by atoms with Crippen molar-refractivity contribution in [2.45, 2.75) is 4.90 Å². The van der Waals surface area contributed by atoms with Crippen LogP contribution in [0.3, 0.4) is 0 Å². The maximum Gasteiger partial charge on any atom is 0.251 e. The van der Waals surface area contributed by atoms with Crippen LogP contribution in [0.15, 0.2) is 27.6 Å². The van der Waals surface area contributed by atoms with E-state index in [0.717, 1.165) is 6.26 Å². The predicted octanol–water partition coefficient (Wildman–Crippen LogP) is 1.21. The van der Waals surface area contributed by atoms with E-state index < -0.39 is 9.84 Å². The molecule has 0 radical (unpaired) electrons. The van der Waals surface area contributed by atoms with Crippen molar-refractivity contribution in [3.8, 4) is 0 Å². The molecule has 1 N–H and O–H groups in total. The number of amides is 1. The molecular weight excluding hydrogens is 282 g/mol. The molecule has 0 saturated carbocycles. The molecule has 1 amide bonds. The highest BCUT2D eigenvalue weighted by Gasteiger charge is 2.13. The second kappa shape index (κ2) is 4.32. The van der Waals surface area contributed by atoms with Crippen molar-refractivity contribution in [3.63, 3.8) is 0 Å². The van der Waals surface area contributed by atoms with Crippen molar-refractivity contribution < 1.29 is 13.2 Å². The molecule has 0 fully saturated rings. The van der Waals surface area contributed by atoms with Gasteiger partial charge in [-0.15, -0.1) is 0 Å². The van der Waals surface area contributed by atoms with Crippen molar-refractivity contribution in [3.05, 3.63) is 28.2 Å². The van der Waals surface area contributed by atoms with Gasteiger partial charge in [-0.2, -0.15) is 0 Å². The summed E-state index contributed by atoms with van der Waals surface area (Å²) in [5.41, 5.74) is 0.414. The van der Waals surface area contributed by atoms with Crippen molar-refractivity contribution in [1.29, 1.82) is 0 Å². The summed E-state index contributed by atoms with van der Waals surface area (Å²) in [6.07, 6.45) is 1.12. The van der Waals surface area contributed by atoms with Gasteiger partial charge in [0.1, 0.15) is 0 Å². The maximum atomic E-state index is 11.3. The van der Waals surface area contributed by atoms with Gasteiger partial charge in [0.05, 0.1) is 4.90 Å². The number of carbonyl (C=O) groups is 1. The summed E-state index contributed by atoms with van der Waals surface area (Å²) in [6.45, 7) is 0. The molecule has 0 spiro atoms. The number of hydrogen-bond donors (Lipinski definition) is 1. The van der Waals surface area contributed by atoms with Gasteiger partial charge in [-0.3, -0.25) is 4.79 Å². The Bertz CT molecular complexity index is 496. The molecule has 6 heteroatoms. The average molecular weight is 292 g/mol. The second-order valence-electron chi connectivity index (χ2n) is 3.00. The summed E-state index contributed by atoms with van der Waals surface area (Å²) in [5.74, 6) is -0.254. The van der Waals surface area contributed by atoms with E-state index in [-0.39, 0.29) is 10.8 Å². The SMILES string of the molecule is CNC(=O)c1ccc(S(C)(=O)=O)c(Br)c1. The van der Waals surface area contributed by atoms with Crippen molar-refractivity contribution in [2.24, 2.45) is 0 Å². The van der Waals surface area contributed by atoms with E-state index in [1.54, 1.807) is 0 Å². The van der Waals surface area contributed by atoms with Crippen LogP contribution in [-0.2, 0) is 9.84 Å². The summed E-state index contributed by atoms with van der Waals surface area (Å²) in [7, 11) is -1.75. The summed E-state index contributed by atoms with van der Waals surface area (Å²) < 4.78 is 22.9. The highest BCUT2D eigenvalue weighted by atomic mass is 79.9. The molecule has 0 aromatic heterocycles. The fraction of sp³-hybridized carbons (Fsp3) is 0.222. The fourth-order valence-electron chi connectivity index (χ4n) is 1.09. The molecule has 0 atom stereocenters. The third kappa shape index (κ3) is 2.79. The Balaban J connectivity index is 3.27. The Morgan fingerprint density at radius 2 is 2.00 bits per heavy atom. The third-order valence-electron chi connectivity index (χ3n) is 1.82. The monoisotopic (exact) mass is 291 g/mol. The first-order valence-electron chi connectivity index (χ1n) is 4.08. The van der Waals surface area contributed by atoms with Gasteiger partial charge in [-0.05, 0) is 34.1 Å². The minimum absolute atomic E-state index is 0.176. The Labute approximate surface area is 96.7 Å². The molecule has 0 saturated heterocycles. The molecule has 15 heavy (non-hydrogen) atoms. The number of benzene rings is 1. The molecule has 4 nitrogen and oxygen atoms in total. The van der Waals surface area contributed by atoms with E-state index in [9.17, 15) is 13.2 Å². The highest BCUT2D eigenvalue weighted by Crippen LogP contribution is 2.22. The van der Waals surface area contributed by atoms with Crippen LogP contribution in [0.25, 0.3) is 0 Å². The molecule has 82 valence electrons. The standard InChI is InChI=1S/C9H10BrNO3S/c1-11-9(12)6-3-4-8(7(10)5-6)15(2,13)14/h3-5H,1-2H3,(H,11,12). The van der Waals surface area contributed by atoms with Crippen LogP contribution in [0.5, 0.6) is 0 Å². The summed E-state index contributed by atoms with van der Waals surface area (Å²) in [4.78, 5) is 11.4. The first-order chi connectivity index (χ1) is 6.86. The first-order valence-corrected chi connectivity index (χ1v) is 6.76. The van der Waals surface area contributed by atoms with Gasteiger partial charge >= 0.3 is 0 Å². The van der Waals surface area contributed by atoms with E-state index in [0.29, 0.717) is 10.0 Å². The Morgan fingerprint density at radius 3 is 2.40 bits per heavy atom. The van der Waals surface area contributed by atoms with Gasteiger partial charge in [0.2, 0.25) is 0 Å². The van der Waals surface area contributed by atoms with Crippen molar-refractivity contribution >= 4 is 31.7 Å². The smallest absolute Gasteiger partial charge is 0.251 e. The van der Waals surface area contributed by atoms with Crippen LogP contribution in [0.1, 0.15) is 10.4 Å². The lowest BCUT2D eigenvalue weighted by Gasteiger charge is -2.04. The van der Waals surface area contributed by atoms with Gasteiger partial charge in [0.15, 0.2) is 9.84 Å². The van der Waals surface area contributed by atoms with Gasteiger partial charge in [-0.25, -0.2) is 8.42 Å². The number of sulfone groups is 1.